The van der Waals surface area contributed by atoms with Crippen LogP contribution in [0.3, 0.4) is 0 Å². The lowest BCUT2D eigenvalue weighted by atomic mass is 9.99. The summed E-state index contributed by atoms with van der Waals surface area (Å²) >= 11 is 0. The van der Waals surface area contributed by atoms with E-state index in [9.17, 15) is 14.4 Å². The van der Waals surface area contributed by atoms with E-state index in [2.05, 4.69) is 114 Å². The molecule has 0 radical (unpaired) electrons. The first-order chi connectivity index (χ1) is 59.1. The molecule has 3 N–H and O–H groups in total. The number of nitrogens with zero attached hydrogens (tertiary/aromatic N) is 15. The molecule has 6 aromatic carbocycles. The second-order valence-electron chi connectivity index (χ2n) is 31.0. The number of hydrogen-bond acceptors (Lipinski definition) is 25. The summed E-state index contributed by atoms with van der Waals surface area (Å²) in [6.07, 6.45) is 9.96. The Hall–Kier alpha value is -11.8. The van der Waals surface area contributed by atoms with Gasteiger partial charge in [0.05, 0.1) is 67.9 Å². The van der Waals surface area contributed by atoms with E-state index in [0.717, 1.165) is 198 Å². The van der Waals surface area contributed by atoms with Gasteiger partial charge in [0.2, 0.25) is 23.7 Å². The van der Waals surface area contributed by atoms with Gasteiger partial charge in [-0.3, -0.25) is 14.4 Å². The van der Waals surface area contributed by atoms with E-state index in [1.54, 1.807) is 74.4 Å². The van der Waals surface area contributed by atoms with E-state index in [1.165, 1.54) is 17.1 Å². The molecule has 3 saturated heterocycles. The Morgan fingerprint density at radius 1 is 0.347 bits per heavy atom. The van der Waals surface area contributed by atoms with Crippen LogP contribution >= 0.6 is 0 Å². The summed E-state index contributed by atoms with van der Waals surface area (Å²) in [5.74, 6) is 6.50. The Morgan fingerprint density at radius 2 is 0.645 bits per heavy atom. The summed E-state index contributed by atoms with van der Waals surface area (Å²) in [5.41, 5.74) is 14.3. The molecule has 642 valence electrons. The quantitative estimate of drug-likeness (QED) is 0.0317. The molecule has 3 amide bonds. The normalized spacial score (nSPS) is 16.1. The van der Waals surface area contributed by atoms with Gasteiger partial charge in [0.1, 0.15) is 0 Å². The van der Waals surface area contributed by atoms with Crippen LogP contribution in [0.5, 0.6) is 40.4 Å². The summed E-state index contributed by atoms with van der Waals surface area (Å²) < 4.78 is 38.5. The SMILES string of the molecule is CCN1CCN(c2cccc3c2CN([C@H](CCCNc2nccc(C)n2)c2ccc(OC)c(OC)c2)C3=O)CC1.CCN1CCN(c2cccc3c2CN([C@H](CCCNc2nccc(C)n2)c2ccc(OC)c(OC)c2)C3=O)CC1.CCN1CCN(c2cccc3c2CN([C@H](CCCNc2nccc(OC)n2)c2ccc(OC)c(OC)c2)C3=O)CC1. The summed E-state index contributed by atoms with van der Waals surface area (Å²) in [6, 6.07) is 41.5. The maximum Gasteiger partial charge on any atom is 0.255 e. The highest BCUT2D eigenvalue weighted by Gasteiger charge is 2.40. The van der Waals surface area contributed by atoms with Crippen LogP contribution in [0.4, 0.5) is 34.9 Å². The molecule has 0 bridgehead atoms. The van der Waals surface area contributed by atoms with Crippen molar-refractivity contribution in [2.24, 2.45) is 0 Å². The Balaban J connectivity index is 0.000000157. The van der Waals surface area contributed by atoms with Gasteiger partial charge in [-0.15, -0.1) is 0 Å². The van der Waals surface area contributed by atoms with Crippen molar-refractivity contribution in [2.75, 3.05) is 198 Å². The third-order valence-corrected chi connectivity index (χ3v) is 24.1. The second-order valence-corrected chi connectivity index (χ2v) is 31.0. The van der Waals surface area contributed by atoms with Gasteiger partial charge in [-0.25, -0.2) is 24.9 Å². The number of rotatable bonds is 34. The monoisotopic (exact) mass is 1650 g/mol. The minimum atomic E-state index is -0.146. The Morgan fingerprint density at radius 3 is 0.926 bits per heavy atom. The zero-order valence-electron chi connectivity index (χ0n) is 72.5. The van der Waals surface area contributed by atoms with Crippen molar-refractivity contribution in [2.45, 2.75) is 111 Å². The molecule has 28 nitrogen and oxygen atoms in total. The molecule has 0 saturated carbocycles. The maximum absolute atomic E-state index is 13.9. The fourth-order valence-corrected chi connectivity index (χ4v) is 17.4. The van der Waals surface area contributed by atoms with Crippen molar-refractivity contribution in [1.29, 1.82) is 0 Å². The molecule has 6 aliphatic heterocycles. The smallest absolute Gasteiger partial charge is 0.255 e. The zero-order valence-corrected chi connectivity index (χ0v) is 72.5. The van der Waals surface area contributed by atoms with Gasteiger partial charge in [-0.05, 0) is 174 Å². The molecule has 9 heterocycles. The molecule has 121 heavy (non-hydrogen) atoms. The number of anilines is 6. The lowest BCUT2D eigenvalue weighted by Gasteiger charge is -2.36. The first-order valence-corrected chi connectivity index (χ1v) is 42.6. The van der Waals surface area contributed by atoms with E-state index in [-0.39, 0.29) is 35.8 Å². The van der Waals surface area contributed by atoms with Gasteiger partial charge in [-0.1, -0.05) is 57.2 Å². The molecule has 3 atom stereocenters. The highest BCUT2D eigenvalue weighted by Crippen LogP contribution is 2.45. The van der Waals surface area contributed by atoms with Gasteiger partial charge in [0.15, 0.2) is 34.5 Å². The van der Waals surface area contributed by atoms with Crippen LogP contribution in [-0.2, 0) is 19.6 Å². The summed E-state index contributed by atoms with van der Waals surface area (Å²) in [7, 11) is 11.4. The van der Waals surface area contributed by atoms with Gasteiger partial charge >= 0.3 is 0 Å². The molecular weight excluding hydrogens is 1530 g/mol. The molecule has 0 aliphatic carbocycles. The number of likely N-dealkylation sites (N-methyl/N-ethyl adjacent to an activating group) is 3. The summed E-state index contributed by atoms with van der Waals surface area (Å²) in [5, 5.41) is 9.95. The molecule has 0 unspecified atom stereocenters. The maximum atomic E-state index is 13.9. The Kier molecular flexibility index (Phi) is 30.2. The first-order valence-electron chi connectivity index (χ1n) is 42.6. The fraction of sp³-hybridized carbons (Fsp3) is 0.452. The average Bonchev–Trinajstić information content (AvgIpc) is 1.63. The third kappa shape index (κ3) is 20.8. The summed E-state index contributed by atoms with van der Waals surface area (Å²) in [6.45, 7) is 29.7. The number of aryl methyl sites for hydroxylation is 2. The largest absolute Gasteiger partial charge is 0.493 e. The van der Waals surface area contributed by atoms with Crippen molar-refractivity contribution in [3.8, 4) is 40.4 Å². The first kappa shape index (κ1) is 87.1. The van der Waals surface area contributed by atoms with Crippen molar-refractivity contribution in [3.63, 3.8) is 0 Å². The minimum absolute atomic E-state index is 0.0675. The molecule has 9 aromatic rings. The number of amides is 3. The average molecular weight is 1650 g/mol. The van der Waals surface area contributed by atoms with Crippen molar-refractivity contribution >= 4 is 52.6 Å². The highest BCUT2D eigenvalue weighted by molar-refractivity contribution is 6.02. The van der Waals surface area contributed by atoms with Crippen LogP contribution < -0.4 is 63.8 Å². The van der Waals surface area contributed by atoms with E-state index in [0.29, 0.717) is 97.5 Å². The number of fused-ring (bicyclic) bond motifs is 3. The molecular formula is C93H120N18O10. The number of ether oxygens (including phenoxy) is 7. The van der Waals surface area contributed by atoms with Gasteiger partial charge < -0.3 is 93.2 Å². The summed E-state index contributed by atoms with van der Waals surface area (Å²) in [4.78, 5) is 88.7. The number of hydrogen-bond donors (Lipinski definition) is 3. The van der Waals surface area contributed by atoms with Gasteiger partial charge in [0.25, 0.3) is 17.7 Å². The Labute approximate surface area is 712 Å². The Bertz CT molecular complexity index is 4760. The van der Waals surface area contributed by atoms with Crippen LogP contribution in [0.1, 0.15) is 153 Å². The molecule has 28 heteroatoms. The predicted molar refractivity (Wildman–Crippen MR) is 474 cm³/mol. The van der Waals surface area contributed by atoms with Crippen molar-refractivity contribution < 1.29 is 47.5 Å². The predicted octanol–water partition coefficient (Wildman–Crippen LogP) is 13.3. The zero-order chi connectivity index (χ0) is 84.9. The second kappa shape index (κ2) is 42.0. The molecule has 15 rings (SSSR count). The lowest BCUT2D eigenvalue weighted by Crippen LogP contribution is -2.46. The van der Waals surface area contributed by atoms with Crippen LogP contribution in [0, 0.1) is 13.8 Å². The lowest BCUT2D eigenvalue weighted by molar-refractivity contribution is 0.0682. The minimum Gasteiger partial charge on any atom is -0.493 e. The third-order valence-electron chi connectivity index (χ3n) is 24.1. The highest BCUT2D eigenvalue weighted by atomic mass is 16.5. The van der Waals surface area contributed by atoms with Gasteiger partial charge in [0, 0.05) is 204 Å². The standard InChI is InChI=1S/C31H40N6O4.2C31H40N6O3/c1-5-35-16-18-36(19-17-35)26-9-6-8-23-24(26)21-37(30(23)38)25(22-11-12-27(39-2)28(20-22)40-3)10-7-14-32-31-33-15-13-29(34-31)41-4;2*1-5-35-16-18-36(19-17-35)27-9-6-8-24-25(27)21-37(30(24)38)26(23-11-12-28(39-3)29(20-23)40-4)10-7-14-32-31-33-15-13-22(2)34-31/h6,8-9,11-13,15,20,25H,5,7,10,14,16-19,21H2,1-4H3,(H,32,33,34);2*6,8-9,11-13,15,20,26H,5,7,10,14,16-19,21H2,1-4H3,(H,32,33,34)/t25-;2*26-/m111/s1. The number of piperazine rings is 3. The number of carbonyl (C=O) groups is 3. The van der Waals surface area contributed by atoms with Gasteiger partial charge in [-0.2, -0.15) is 4.98 Å². The van der Waals surface area contributed by atoms with Crippen molar-refractivity contribution in [3.05, 3.63) is 207 Å². The van der Waals surface area contributed by atoms with Crippen molar-refractivity contribution in [1.82, 2.24) is 59.3 Å². The number of methoxy groups -OCH3 is 7. The van der Waals surface area contributed by atoms with E-state index >= 15 is 0 Å². The molecule has 6 aliphatic rings. The van der Waals surface area contributed by atoms with E-state index in [4.69, 9.17) is 33.2 Å². The number of carbonyl (C=O) groups excluding carboxylic acids is 3. The number of aromatic nitrogens is 6. The number of nitrogens with one attached hydrogen (secondary N) is 3. The topological polar surface area (TPSA) is 258 Å². The van der Waals surface area contributed by atoms with Crippen LogP contribution in [0.2, 0.25) is 0 Å². The van der Waals surface area contributed by atoms with E-state index in [1.807, 2.05) is 132 Å². The van der Waals surface area contributed by atoms with Crippen LogP contribution in [-0.4, -0.2) is 245 Å². The van der Waals surface area contributed by atoms with Crippen LogP contribution in [0.25, 0.3) is 0 Å². The van der Waals surface area contributed by atoms with E-state index < -0.39 is 0 Å². The van der Waals surface area contributed by atoms with Crippen LogP contribution in [0.15, 0.2) is 146 Å². The molecule has 3 aromatic heterocycles. The fourth-order valence-electron chi connectivity index (χ4n) is 17.4. The number of benzene rings is 6. The molecule has 3 fully saturated rings. The molecule has 0 spiro atoms.